The van der Waals surface area contributed by atoms with E-state index in [0.717, 1.165) is 19.6 Å². The van der Waals surface area contributed by atoms with Crippen molar-refractivity contribution in [1.82, 2.24) is 4.90 Å². The normalized spacial score (nSPS) is 29.7. The van der Waals surface area contributed by atoms with Gasteiger partial charge in [0.25, 0.3) is 0 Å². The molecule has 0 aliphatic carbocycles. The summed E-state index contributed by atoms with van der Waals surface area (Å²) in [6.07, 6.45) is 3.70. The zero-order valence-electron chi connectivity index (χ0n) is 11.4. The van der Waals surface area contributed by atoms with Crippen LogP contribution in [0.5, 0.6) is 0 Å². The zero-order valence-corrected chi connectivity index (χ0v) is 11.4. The Morgan fingerprint density at radius 3 is 2.53 bits per heavy atom. The highest BCUT2D eigenvalue weighted by atomic mass is 16.5. The summed E-state index contributed by atoms with van der Waals surface area (Å²) in [7, 11) is 0. The van der Waals surface area contributed by atoms with E-state index in [-0.39, 0.29) is 18.1 Å². The van der Waals surface area contributed by atoms with Gasteiger partial charge >= 0.3 is 0 Å². The fourth-order valence-corrected chi connectivity index (χ4v) is 3.14. The minimum absolute atomic E-state index is 0.0843. The van der Waals surface area contributed by atoms with Gasteiger partial charge in [0.1, 0.15) is 0 Å². The summed E-state index contributed by atoms with van der Waals surface area (Å²) in [4.78, 5) is 2.40. The number of ether oxygens (including phenoxy) is 1. The minimum Gasteiger partial charge on any atom is -0.391 e. The molecule has 3 nitrogen and oxygen atoms in total. The van der Waals surface area contributed by atoms with E-state index in [1.807, 2.05) is 18.2 Å². The summed E-state index contributed by atoms with van der Waals surface area (Å²) in [6, 6.07) is 10.3. The molecule has 0 aromatic heterocycles. The van der Waals surface area contributed by atoms with Crippen molar-refractivity contribution in [1.29, 1.82) is 0 Å². The summed E-state index contributed by atoms with van der Waals surface area (Å²) >= 11 is 0. The van der Waals surface area contributed by atoms with Gasteiger partial charge in [-0.25, -0.2) is 0 Å². The molecule has 1 aromatic rings. The molecule has 0 amide bonds. The smallest absolute Gasteiger partial charge is 0.0900 e. The van der Waals surface area contributed by atoms with Crippen LogP contribution in [0.4, 0.5) is 0 Å². The predicted molar refractivity (Wildman–Crippen MR) is 74.9 cm³/mol. The average molecular weight is 261 g/mol. The largest absolute Gasteiger partial charge is 0.391 e. The summed E-state index contributed by atoms with van der Waals surface area (Å²) < 4.78 is 5.66. The first-order valence-electron chi connectivity index (χ1n) is 7.41. The lowest BCUT2D eigenvalue weighted by Gasteiger charge is -2.42. The number of piperidine rings is 1. The fraction of sp³-hybridized carbons (Fsp3) is 0.625. The Bertz CT molecular complexity index is 389. The van der Waals surface area contributed by atoms with Crippen LogP contribution in [0.15, 0.2) is 30.3 Å². The molecule has 2 fully saturated rings. The third kappa shape index (κ3) is 2.99. The molecule has 104 valence electrons. The van der Waals surface area contributed by atoms with Gasteiger partial charge in [0.2, 0.25) is 0 Å². The first kappa shape index (κ1) is 13.1. The van der Waals surface area contributed by atoms with E-state index in [2.05, 4.69) is 17.0 Å². The highest BCUT2D eigenvalue weighted by molar-refractivity contribution is 5.20. The van der Waals surface area contributed by atoms with Gasteiger partial charge in [0.05, 0.1) is 18.8 Å². The van der Waals surface area contributed by atoms with E-state index < -0.39 is 0 Å². The number of likely N-dealkylation sites (tertiary alicyclic amines) is 1. The van der Waals surface area contributed by atoms with E-state index in [1.165, 1.54) is 24.8 Å². The first-order chi connectivity index (χ1) is 9.34. The molecule has 0 unspecified atom stereocenters. The third-order valence-electron chi connectivity index (χ3n) is 4.37. The van der Waals surface area contributed by atoms with E-state index >= 15 is 0 Å². The minimum atomic E-state index is -0.267. The summed E-state index contributed by atoms with van der Waals surface area (Å²) in [6.45, 7) is 3.77. The second kappa shape index (κ2) is 6.04. The maximum atomic E-state index is 10.4. The molecular weight excluding hydrogens is 238 g/mol. The predicted octanol–water partition coefficient (Wildman–Crippen LogP) is 2.22. The molecule has 0 saturated carbocycles. The summed E-state index contributed by atoms with van der Waals surface area (Å²) in [5.41, 5.74) is 1.19. The van der Waals surface area contributed by atoms with Gasteiger partial charge in [-0.3, -0.25) is 0 Å². The molecule has 3 rings (SSSR count). The zero-order chi connectivity index (χ0) is 13.1. The molecule has 2 aliphatic heterocycles. The molecule has 1 aromatic carbocycles. The van der Waals surface area contributed by atoms with Crippen molar-refractivity contribution in [3.63, 3.8) is 0 Å². The Morgan fingerprint density at radius 2 is 1.89 bits per heavy atom. The molecule has 2 heterocycles. The SMILES string of the molecule is O[C@@H](CN1CCCCC1)[C@H]1CO[C@H]1c1ccccc1. The topological polar surface area (TPSA) is 32.7 Å². The molecule has 3 atom stereocenters. The molecule has 2 aliphatic rings. The number of aliphatic hydroxyl groups is 1. The van der Waals surface area contributed by atoms with E-state index in [4.69, 9.17) is 4.74 Å². The first-order valence-corrected chi connectivity index (χ1v) is 7.41. The van der Waals surface area contributed by atoms with E-state index in [0.29, 0.717) is 6.61 Å². The van der Waals surface area contributed by atoms with Crippen molar-refractivity contribution in [2.75, 3.05) is 26.2 Å². The van der Waals surface area contributed by atoms with Gasteiger partial charge in [-0.1, -0.05) is 36.8 Å². The highest BCUT2D eigenvalue weighted by Gasteiger charge is 2.39. The Labute approximate surface area is 115 Å². The van der Waals surface area contributed by atoms with Crippen molar-refractivity contribution in [2.45, 2.75) is 31.5 Å². The number of aliphatic hydroxyl groups excluding tert-OH is 1. The molecule has 0 spiro atoms. The van der Waals surface area contributed by atoms with Crippen LogP contribution < -0.4 is 0 Å². The number of hydrogen-bond donors (Lipinski definition) is 1. The van der Waals surface area contributed by atoms with Crippen LogP contribution in [0.1, 0.15) is 30.9 Å². The number of hydrogen-bond acceptors (Lipinski definition) is 3. The Morgan fingerprint density at radius 1 is 1.16 bits per heavy atom. The lowest BCUT2D eigenvalue weighted by molar-refractivity contribution is -0.165. The number of benzene rings is 1. The Balaban J connectivity index is 1.56. The molecular formula is C16H23NO2. The third-order valence-corrected chi connectivity index (χ3v) is 4.37. The van der Waals surface area contributed by atoms with Gasteiger partial charge in [-0.2, -0.15) is 0 Å². The molecule has 2 saturated heterocycles. The number of β-amino-alcohol motifs (C(OH)–C–C–N with tert-alkyl or cyclic N) is 1. The van der Waals surface area contributed by atoms with Crippen LogP contribution in [-0.4, -0.2) is 42.4 Å². The van der Waals surface area contributed by atoms with E-state index in [9.17, 15) is 5.11 Å². The monoisotopic (exact) mass is 261 g/mol. The van der Waals surface area contributed by atoms with Crippen LogP contribution in [0.3, 0.4) is 0 Å². The summed E-state index contributed by atoms with van der Waals surface area (Å²) in [5.74, 6) is 0.254. The maximum absolute atomic E-state index is 10.4. The lowest BCUT2D eigenvalue weighted by Crippen LogP contribution is -2.47. The quantitative estimate of drug-likeness (QED) is 0.902. The van der Waals surface area contributed by atoms with Gasteiger partial charge in [0.15, 0.2) is 0 Å². The van der Waals surface area contributed by atoms with Crippen LogP contribution in [-0.2, 0) is 4.74 Å². The maximum Gasteiger partial charge on any atom is 0.0900 e. The Hall–Kier alpha value is -0.900. The molecule has 19 heavy (non-hydrogen) atoms. The van der Waals surface area contributed by atoms with Crippen molar-refractivity contribution >= 4 is 0 Å². The fourth-order valence-electron chi connectivity index (χ4n) is 3.14. The molecule has 0 radical (unpaired) electrons. The summed E-state index contributed by atoms with van der Waals surface area (Å²) in [5, 5.41) is 10.4. The van der Waals surface area contributed by atoms with Gasteiger partial charge < -0.3 is 14.7 Å². The molecule has 1 N–H and O–H groups in total. The van der Waals surface area contributed by atoms with Gasteiger partial charge in [0, 0.05) is 12.5 Å². The second-order valence-electron chi connectivity index (χ2n) is 5.76. The number of nitrogens with zero attached hydrogens (tertiary/aromatic N) is 1. The van der Waals surface area contributed by atoms with E-state index in [1.54, 1.807) is 0 Å². The molecule has 3 heteroatoms. The van der Waals surface area contributed by atoms with Crippen molar-refractivity contribution < 1.29 is 9.84 Å². The van der Waals surface area contributed by atoms with Crippen LogP contribution in [0.2, 0.25) is 0 Å². The van der Waals surface area contributed by atoms with Crippen molar-refractivity contribution in [3.8, 4) is 0 Å². The Kier molecular flexibility index (Phi) is 4.16. The van der Waals surface area contributed by atoms with Gasteiger partial charge in [-0.15, -0.1) is 0 Å². The average Bonchev–Trinajstić information content (AvgIpc) is 2.39. The second-order valence-corrected chi connectivity index (χ2v) is 5.76. The lowest BCUT2D eigenvalue weighted by atomic mass is 9.86. The molecule has 0 bridgehead atoms. The van der Waals surface area contributed by atoms with Crippen molar-refractivity contribution in [2.24, 2.45) is 5.92 Å². The highest BCUT2D eigenvalue weighted by Crippen LogP contribution is 2.37. The number of rotatable bonds is 4. The van der Waals surface area contributed by atoms with Crippen molar-refractivity contribution in [3.05, 3.63) is 35.9 Å². The van der Waals surface area contributed by atoms with Gasteiger partial charge in [-0.05, 0) is 31.5 Å². The standard InChI is InChI=1S/C16H23NO2/c18-15(11-17-9-5-2-6-10-17)14-12-19-16(14)13-7-3-1-4-8-13/h1,3-4,7-8,14-16,18H,2,5-6,9-12H2/t14-,15+,16+/m1/s1. The van der Waals surface area contributed by atoms with Crippen LogP contribution >= 0.6 is 0 Å². The van der Waals surface area contributed by atoms with Crippen LogP contribution in [0.25, 0.3) is 0 Å². The van der Waals surface area contributed by atoms with Crippen LogP contribution in [0, 0.1) is 5.92 Å².